The Labute approximate surface area is 229 Å². The van der Waals surface area contributed by atoms with E-state index >= 15 is 0 Å². The smallest absolute Gasteiger partial charge is 0.308 e. The number of sulfonamides is 1. The largest absolute Gasteiger partial charge is 0.469 e. The summed E-state index contributed by atoms with van der Waals surface area (Å²) in [6, 6.07) is 12.3. The molecule has 0 saturated heterocycles. The van der Waals surface area contributed by atoms with Crippen molar-refractivity contribution in [1.29, 1.82) is 0 Å². The quantitative estimate of drug-likeness (QED) is 0.321. The maximum Gasteiger partial charge on any atom is 0.308 e. The van der Waals surface area contributed by atoms with Crippen LogP contribution < -0.4 is 4.72 Å². The number of carbonyl (C=O) groups excluding carboxylic acids is 1. The van der Waals surface area contributed by atoms with Crippen LogP contribution in [0, 0.1) is 20.8 Å². The zero-order valence-electron chi connectivity index (χ0n) is 21.0. The Bertz CT molecular complexity index is 1670. The highest BCUT2D eigenvalue weighted by Crippen LogP contribution is 2.39. The second kappa shape index (κ2) is 9.97. The number of ether oxygens (including phenoxy) is 1. The number of aryl methyl sites for hydroxylation is 2. The molecule has 0 bridgehead atoms. The van der Waals surface area contributed by atoms with Gasteiger partial charge in [0.15, 0.2) is 5.82 Å². The number of anilines is 1. The van der Waals surface area contributed by atoms with Gasteiger partial charge in [0.05, 0.1) is 24.1 Å². The maximum absolute atomic E-state index is 12.8. The van der Waals surface area contributed by atoms with Gasteiger partial charge in [-0.05, 0) is 62.7 Å². The third-order valence-electron chi connectivity index (χ3n) is 6.36. The summed E-state index contributed by atoms with van der Waals surface area (Å²) in [5.74, 6) is 0.855. The number of thiophene rings is 1. The molecule has 38 heavy (non-hydrogen) atoms. The monoisotopic (exact) mass is 569 g/mol. The number of aliphatic imine (C=N–C) groups is 1. The van der Waals surface area contributed by atoms with Crippen LogP contribution in [0.1, 0.15) is 45.7 Å². The van der Waals surface area contributed by atoms with Crippen molar-refractivity contribution in [3.05, 3.63) is 86.8 Å². The van der Waals surface area contributed by atoms with Crippen molar-refractivity contribution >= 4 is 50.3 Å². The summed E-state index contributed by atoms with van der Waals surface area (Å²) in [4.78, 5) is 18.5. The van der Waals surface area contributed by atoms with Gasteiger partial charge in [-0.3, -0.25) is 19.1 Å². The molecule has 2 aromatic heterocycles. The summed E-state index contributed by atoms with van der Waals surface area (Å²) >= 11 is 7.50. The van der Waals surface area contributed by atoms with E-state index < -0.39 is 22.0 Å². The number of nitrogens with zero attached hydrogens (tertiary/aromatic N) is 4. The normalized spacial score (nSPS) is 14.8. The standard InChI is InChI=1S/C26H24ClN5O4S2/c1-14-15(2)37-26-23(14)24(28-21(13-22(33)36-4)25-30-29-16(3)32(25)26)17-5-9-19(10-6-17)31-38(34,35)20-11-7-18(27)8-12-20/h5-12,21,31H,13H2,1-4H3/t21-/m0/s1. The third-order valence-corrected chi connectivity index (χ3v) is 9.20. The maximum atomic E-state index is 12.8. The molecule has 12 heteroatoms. The molecule has 9 nitrogen and oxygen atoms in total. The highest BCUT2D eigenvalue weighted by molar-refractivity contribution is 7.92. The van der Waals surface area contributed by atoms with Gasteiger partial charge >= 0.3 is 5.97 Å². The van der Waals surface area contributed by atoms with E-state index in [9.17, 15) is 13.2 Å². The zero-order chi connectivity index (χ0) is 27.2. The van der Waals surface area contributed by atoms with E-state index in [1.165, 1.54) is 31.4 Å². The van der Waals surface area contributed by atoms with Crippen LogP contribution in [0.15, 0.2) is 58.4 Å². The van der Waals surface area contributed by atoms with E-state index in [1.807, 2.05) is 37.5 Å². The molecule has 4 aromatic rings. The van der Waals surface area contributed by atoms with Crippen molar-refractivity contribution in [2.75, 3.05) is 11.8 Å². The van der Waals surface area contributed by atoms with Gasteiger partial charge in [0.2, 0.25) is 0 Å². The molecule has 5 rings (SSSR count). The number of halogens is 1. The Morgan fingerprint density at radius 3 is 2.42 bits per heavy atom. The molecule has 0 fully saturated rings. The number of benzene rings is 2. The lowest BCUT2D eigenvalue weighted by Gasteiger charge is -2.13. The molecule has 0 amide bonds. The molecular formula is C26H24ClN5O4S2. The van der Waals surface area contributed by atoms with Crippen LogP contribution in [-0.2, 0) is 19.6 Å². The summed E-state index contributed by atoms with van der Waals surface area (Å²) in [6.45, 7) is 5.95. The number of methoxy groups -OCH3 is 1. The molecule has 2 aromatic carbocycles. The van der Waals surface area contributed by atoms with Gasteiger partial charge in [-0.2, -0.15) is 0 Å². The lowest BCUT2D eigenvalue weighted by atomic mass is 9.99. The number of hydrogen-bond acceptors (Lipinski definition) is 8. The Morgan fingerprint density at radius 1 is 1.08 bits per heavy atom. The van der Waals surface area contributed by atoms with E-state index in [1.54, 1.807) is 23.5 Å². The predicted octanol–water partition coefficient (Wildman–Crippen LogP) is 5.16. The first-order valence-electron chi connectivity index (χ1n) is 11.6. The fourth-order valence-electron chi connectivity index (χ4n) is 4.29. The molecule has 1 aliphatic rings. The number of hydrogen-bond donors (Lipinski definition) is 1. The van der Waals surface area contributed by atoms with Crippen LogP contribution in [-0.4, -0.2) is 42.0 Å². The molecular weight excluding hydrogens is 546 g/mol. The molecule has 0 unspecified atom stereocenters. The van der Waals surface area contributed by atoms with E-state index in [4.69, 9.17) is 21.3 Å². The van der Waals surface area contributed by atoms with Gasteiger partial charge in [-0.15, -0.1) is 21.5 Å². The van der Waals surface area contributed by atoms with Crippen LogP contribution in [0.5, 0.6) is 0 Å². The molecule has 0 saturated carbocycles. The summed E-state index contributed by atoms with van der Waals surface area (Å²) < 4.78 is 35.1. The minimum Gasteiger partial charge on any atom is -0.469 e. The Balaban J connectivity index is 1.57. The number of rotatable bonds is 6. The van der Waals surface area contributed by atoms with Gasteiger partial charge in [0.25, 0.3) is 10.0 Å². The molecule has 1 N–H and O–H groups in total. The van der Waals surface area contributed by atoms with E-state index in [0.29, 0.717) is 28.1 Å². The molecule has 196 valence electrons. The van der Waals surface area contributed by atoms with Crippen molar-refractivity contribution in [1.82, 2.24) is 14.8 Å². The molecule has 0 radical (unpaired) electrons. The fraction of sp³-hybridized carbons (Fsp3) is 0.231. The summed E-state index contributed by atoms with van der Waals surface area (Å²) in [6.07, 6.45) is 0.00405. The number of fused-ring (bicyclic) bond motifs is 3. The number of aromatic nitrogens is 3. The van der Waals surface area contributed by atoms with Gasteiger partial charge in [-0.1, -0.05) is 23.7 Å². The first kappa shape index (κ1) is 26.1. The van der Waals surface area contributed by atoms with Gasteiger partial charge in [-0.25, -0.2) is 8.42 Å². The lowest BCUT2D eigenvalue weighted by molar-refractivity contribution is -0.141. The van der Waals surface area contributed by atoms with Crippen LogP contribution >= 0.6 is 22.9 Å². The second-order valence-electron chi connectivity index (χ2n) is 8.81. The van der Waals surface area contributed by atoms with Gasteiger partial charge in [0, 0.05) is 26.7 Å². The summed E-state index contributed by atoms with van der Waals surface area (Å²) in [5, 5.41) is 10.00. The van der Waals surface area contributed by atoms with Crippen LogP contribution in [0.3, 0.4) is 0 Å². The Kier molecular flexibility index (Phi) is 6.84. The minimum atomic E-state index is -3.79. The van der Waals surface area contributed by atoms with E-state index in [-0.39, 0.29) is 11.3 Å². The zero-order valence-corrected chi connectivity index (χ0v) is 23.4. The molecule has 0 aliphatic carbocycles. The highest BCUT2D eigenvalue weighted by atomic mass is 35.5. The van der Waals surface area contributed by atoms with Crippen LogP contribution in [0.25, 0.3) is 5.00 Å². The Morgan fingerprint density at radius 2 is 1.76 bits per heavy atom. The van der Waals surface area contributed by atoms with Gasteiger partial charge < -0.3 is 4.74 Å². The predicted molar refractivity (Wildman–Crippen MR) is 147 cm³/mol. The lowest BCUT2D eigenvalue weighted by Crippen LogP contribution is -2.13. The summed E-state index contributed by atoms with van der Waals surface area (Å²) in [7, 11) is -2.45. The first-order valence-corrected chi connectivity index (χ1v) is 14.3. The molecule has 3 heterocycles. The molecule has 1 aliphatic heterocycles. The molecule has 1 atom stereocenters. The minimum absolute atomic E-state index is 0.00405. The van der Waals surface area contributed by atoms with E-state index in [2.05, 4.69) is 14.9 Å². The number of esters is 1. The average Bonchev–Trinajstić information content (AvgIpc) is 3.36. The van der Waals surface area contributed by atoms with Crippen LogP contribution in [0.4, 0.5) is 5.69 Å². The Hall–Kier alpha value is -3.54. The van der Waals surface area contributed by atoms with Crippen molar-refractivity contribution < 1.29 is 17.9 Å². The summed E-state index contributed by atoms with van der Waals surface area (Å²) in [5.41, 5.74) is 3.85. The second-order valence-corrected chi connectivity index (χ2v) is 12.1. The van der Waals surface area contributed by atoms with Crippen molar-refractivity contribution in [3.63, 3.8) is 0 Å². The average molecular weight is 570 g/mol. The molecule has 0 spiro atoms. The van der Waals surface area contributed by atoms with Crippen molar-refractivity contribution in [3.8, 4) is 5.00 Å². The fourth-order valence-corrected chi connectivity index (χ4v) is 6.69. The topological polar surface area (TPSA) is 116 Å². The first-order chi connectivity index (χ1) is 18.1. The SMILES string of the molecule is COC(=O)C[C@@H]1N=C(c2ccc(NS(=O)(=O)c3ccc(Cl)cc3)cc2)c2c(sc(C)c2C)-n2c(C)nnc21. The van der Waals surface area contributed by atoms with Gasteiger partial charge in [0.1, 0.15) is 16.9 Å². The van der Waals surface area contributed by atoms with Crippen molar-refractivity contribution in [2.45, 2.75) is 38.1 Å². The highest BCUT2D eigenvalue weighted by Gasteiger charge is 2.32. The van der Waals surface area contributed by atoms with Crippen molar-refractivity contribution in [2.24, 2.45) is 4.99 Å². The number of nitrogens with one attached hydrogen (secondary N) is 1. The number of carbonyl (C=O) groups is 1. The third kappa shape index (κ3) is 4.72. The van der Waals surface area contributed by atoms with E-state index in [0.717, 1.165) is 26.6 Å². The van der Waals surface area contributed by atoms with Crippen LogP contribution in [0.2, 0.25) is 5.02 Å².